The van der Waals surface area contributed by atoms with Gasteiger partial charge in [-0.1, -0.05) is 6.92 Å². The molecule has 1 atom stereocenters. The highest BCUT2D eigenvalue weighted by Gasteiger charge is 2.25. The molecule has 0 spiro atoms. The lowest BCUT2D eigenvalue weighted by Crippen LogP contribution is -2.45. The third-order valence-electron chi connectivity index (χ3n) is 2.01. The summed E-state index contributed by atoms with van der Waals surface area (Å²) in [5.41, 5.74) is 5.49. The van der Waals surface area contributed by atoms with Gasteiger partial charge in [-0.05, 0) is 6.42 Å². The maximum atomic E-state index is 11.1. The van der Waals surface area contributed by atoms with Gasteiger partial charge in [0.15, 0.2) is 0 Å². The monoisotopic (exact) mass is 172 g/mol. The Labute approximate surface area is 72.7 Å². The summed E-state index contributed by atoms with van der Waals surface area (Å²) in [7, 11) is 0. The molecule has 1 saturated heterocycles. The quantitative estimate of drug-likeness (QED) is 0.671. The minimum Gasteiger partial charge on any atom is -0.449 e. The summed E-state index contributed by atoms with van der Waals surface area (Å²) in [5.74, 6) is 0.314. The lowest BCUT2D eigenvalue weighted by molar-refractivity contribution is 0.0456. The van der Waals surface area contributed by atoms with E-state index >= 15 is 0 Å². The first-order valence-corrected chi connectivity index (χ1v) is 4.39. The maximum Gasteiger partial charge on any atom is 0.409 e. The molecular weight excluding hydrogens is 156 g/mol. The fraction of sp³-hybridized carbons (Fsp3) is 0.875. The molecule has 0 saturated carbocycles. The first-order chi connectivity index (χ1) is 5.77. The van der Waals surface area contributed by atoms with Gasteiger partial charge >= 0.3 is 6.09 Å². The average Bonchev–Trinajstić information content (AvgIpc) is 2.09. The number of nitrogens with two attached hydrogens (primary N) is 1. The molecule has 0 radical (unpaired) electrons. The minimum absolute atomic E-state index is 0.193. The molecular formula is C8H16N2O2. The first-order valence-electron chi connectivity index (χ1n) is 4.39. The molecule has 0 bridgehead atoms. The van der Waals surface area contributed by atoms with Gasteiger partial charge in [0.05, 0.1) is 6.61 Å². The molecule has 12 heavy (non-hydrogen) atoms. The number of amides is 1. The Balaban J connectivity index is 2.41. The van der Waals surface area contributed by atoms with Gasteiger partial charge in [-0.15, -0.1) is 0 Å². The predicted molar refractivity (Wildman–Crippen MR) is 45.8 cm³/mol. The number of carbonyl (C=O) groups excluding carboxylic acids is 1. The van der Waals surface area contributed by atoms with E-state index in [-0.39, 0.29) is 6.09 Å². The Morgan fingerprint density at radius 1 is 1.75 bits per heavy atom. The van der Waals surface area contributed by atoms with Gasteiger partial charge in [0, 0.05) is 25.6 Å². The molecule has 0 aromatic rings. The number of ether oxygens (including phenoxy) is 1. The largest absolute Gasteiger partial charge is 0.449 e. The molecule has 1 heterocycles. The Kier molecular flexibility index (Phi) is 3.34. The Morgan fingerprint density at radius 3 is 3.08 bits per heavy atom. The van der Waals surface area contributed by atoms with Crippen LogP contribution in [0, 0.1) is 5.92 Å². The van der Waals surface area contributed by atoms with Crippen LogP contribution in [0.4, 0.5) is 4.79 Å². The van der Waals surface area contributed by atoms with E-state index in [1.807, 2.05) is 6.92 Å². The second-order valence-electron chi connectivity index (χ2n) is 3.12. The smallest absolute Gasteiger partial charge is 0.409 e. The summed E-state index contributed by atoms with van der Waals surface area (Å²) < 4.78 is 4.95. The second kappa shape index (κ2) is 4.30. The SMILES string of the molecule is CCCN1CC(CN)COC1=O. The molecule has 1 aliphatic rings. The van der Waals surface area contributed by atoms with E-state index in [9.17, 15) is 4.79 Å². The molecule has 1 unspecified atom stereocenters. The highest BCUT2D eigenvalue weighted by atomic mass is 16.6. The number of hydrogen-bond acceptors (Lipinski definition) is 3. The summed E-state index contributed by atoms with van der Waals surface area (Å²) in [6, 6.07) is 0. The van der Waals surface area contributed by atoms with Crippen molar-refractivity contribution in [3.63, 3.8) is 0 Å². The van der Waals surface area contributed by atoms with Crippen LogP contribution in [0.1, 0.15) is 13.3 Å². The van der Waals surface area contributed by atoms with Crippen LogP contribution in [-0.4, -0.2) is 37.2 Å². The van der Waals surface area contributed by atoms with Crippen LogP contribution >= 0.6 is 0 Å². The van der Waals surface area contributed by atoms with Crippen molar-refractivity contribution in [1.29, 1.82) is 0 Å². The third-order valence-corrected chi connectivity index (χ3v) is 2.01. The Hall–Kier alpha value is -0.770. The van der Waals surface area contributed by atoms with Crippen molar-refractivity contribution < 1.29 is 9.53 Å². The van der Waals surface area contributed by atoms with E-state index in [0.29, 0.717) is 19.1 Å². The van der Waals surface area contributed by atoms with E-state index in [4.69, 9.17) is 10.5 Å². The Morgan fingerprint density at radius 2 is 2.50 bits per heavy atom. The lowest BCUT2D eigenvalue weighted by Gasteiger charge is -2.31. The zero-order valence-corrected chi connectivity index (χ0v) is 7.45. The van der Waals surface area contributed by atoms with Crippen molar-refractivity contribution in [1.82, 2.24) is 4.90 Å². The van der Waals surface area contributed by atoms with Gasteiger partial charge in [-0.2, -0.15) is 0 Å². The fourth-order valence-corrected chi connectivity index (χ4v) is 1.31. The molecule has 1 fully saturated rings. The predicted octanol–water partition coefficient (Wildman–Crippen LogP) is 0.424. The summed E-state index contributed by atoms with van der Waals surface area (Å²) in [5, 5.41) is 0. The number of rotatable bonds is 3. The van der Waals surface area contributed by atoms with Crippen molar-refractivity contribution >= 4 is 6.09 Å². The third kappa shape index (κ3) is 2.11. The van der Waals surface area contributed by atoms with Crippen molar-refractivity contribution in [2.75, 3.05) is 26.2 Å². The van der Waals surface area contributed by atoms with Gasteiger partial charge in [0.1, 0.15) is 0 Å². The molecule has 1 aliphatic heterocycles. The molecule has 2 N–H and O–H groups in total. The highest BCUT2D eigenvalue weighted by Crippen LogP contribution is 2.10. The fourth-order valence-electron chi connectivity index (χ4n) is 1.31. The molecule has 70 valence electrons. The summed E-state index contributed by atoms with van der Waals surface area (Å²) in [6.45, 7) is 4.64. The van der Waals surface area contributed by atoms with Crippen LogP contribution < -0.4 is 5.73 Å². The van der Waals surface area contributed by atoms with E-state index < -0.39 is 0 Å². The zero-order valence-electron chi connectivity index (χ0n) is 7.45. The van der Waals surface area contributed by atoms with Crippen LogP contribution in [0.3, 0.4) is 0 Å². The minimum atomic E-state index is -0.193. The van der Waals surface area contributed by atoms with Crippen molar-refractivity contribution in [2.24, 2.45) is 11.7 Å². The highest BCUT2D eigenvalue weighted by molar-refractivity contribution is 5.68. The van der Waals surface area contributed by atoms with Crippen LogP contribution in [0.15, 0.2) is 0 Å². The molecule has 0 aromatic carbocycles. The van der Waals surface area contributed by atoms with Crippen molar-refractivity contribution in [3.05, 3.63) is 0 Å². The summed E-state index contributed by atoms with van der Waals surface area (Å²) in [4.78, 5) is 12.8. The van der Waals surface area contributed by atoms with Crippen molar-refractivity contribution in [3.8, 4) is 0 Å². The van der Waals surface area contributed by atoms with Gasteiger partial charge in [-0.3, -0.25) is 0 Å². The van der Waals surface area contributed by atoms with E-state index in [1.54, 1.807) is 4.90 Å². The average molecular weight is 172 g/mol. The molecule has 4 nitrogen and oxygen atoms in total. The second-order valence-corrected chi connectivity index (χ2v) is 3.12. The normalized spacial score (nSPS) is 24.0. The molecule has 4 heteroatoms. The molecule has 0 aromatic heterocycles. The number of nitrogens with zero attached hydrogens (tertiary/aromatic N) is 1. The maximum absolute atomic E-state index is 11.1. The van der Waals surface area contributed by atoms with E-state index in [2.05, 4.69) is 0 Å². The van der Waals surface area contributed by atoms with E-state index in [0.717, 1.165) is 19.5 Å². The molecule has 0 aliphatic carbocycles. The van der Waals surface area contributed by atoms with Crippen molar-refractivity contribution in [2.45, 2.75) is 13.3 Å². The number of cyclic esters (lactones) is 1. The lowest BCUT2D eigenvalue weighted by atomic mass is 10.1. The van der Waals surface area contributed by atoms with Crippen LogP contribution in [-0.2, 0) is 4.74 Å². The van der Waals surface area contributed by atoms with Crippen LogP contribution in [0.2, 0.25) is 0 Å². The summed E-state index contributed by atoms with van der Waals surface area (Å²) in [6.07, 6.45) is 0.772. The standard InChI is InChI=1S/C8H16N2O2/c1-2-3-10-5-7(4-9)6-12-8(10)11/h7H,2-6,9H2,1H3. The van der Waals surface area contributed by atoms with Crippen LogP contribution in [0.25, 0.3) is 0 Å². The van der Waals surface area contributed by atoms with E-state index in [1.165, 1.54) is 0 Å². The van der Waals surface area contributed by atoms with Gasteiger partial charge < -0.3 is 15.4 Å². The van der Waals surface area contributed by atoms with Gasteiger partial charge in [0.25, 0.3) is 0 Å². The van der Waals surface area contributed by atoms with Gasteiger partial charge in [0.2, 0.25) is 0 Å². The molecule has 1 amide bonds. The molecule has 1 rings (SSSR count). The number of carbonyl (C=O) groups is 1. The zero-order chi connectivity index (χ0) is 8.97. The van der Waals surface area contributed by atoms with Crippen LogP contribution in [0.5, 0.6) is 0 Å². The number of hydrogen-bond donors (Lipinski definition) is 1. The topological polar surface area (TPSA) is 55.6 Å². The first kappa shape index (κ1) is 9.32. The summed E-state index contributed by atoms with van der Waals surface area (Å²) >= 11 is 0. The Bertz CT molecular complexity index is 161. The van der Waals surface area contributed by atoms with Gasteiger partial charge in [-0.25, -0.2) is 4.79 Å².